The summed E-state index contributed by atoms with van der Waals surface area (Å²) in [6.07, 6.45) is 6.92. The second kappa shape index (κ2) is 6.34. The van der Waals surface area contributed by atoms with Crippen LogP contribution in [0.1, 0.15) is 32.1 Å². The summed E-state index contributed by atoms with van der Waals surface area (Å²) < 4.78 is 14.3. The Labute approximate surface area is 147 Å². The van der Waals surface area contributed by atoms with Crippen molar-refractivity contribution in [2.45, 2.75) is 56.3 Å². The minimum absolute atomic E-state index is 0.277. The molecule has 0 amide bonds. The Morgan fingerprint density at radius 3 is 2.84 bits per heavy atom. The zero-order valence-electron chi connectivity index (χ0n) is 14.3. The molecule has 5 atom stereocenters. The number of fused-ring (bicyclic) bond motifs is 3. The van der Waals surface area contributed by atoms with Gasteiger partial charge in [-0.1, -0.05) is 0 Å². The lowest BCUT2D eigenvalue weighted by Gasteiger charge is -2.34. The number of aromatic nitrogens is 2. The minimum Gasteiger partial charge on any atom is -0.365 e. The van der Waals surface area contributed by atoms with Gasteiger partial charge >= 0.3 is 0 Å². The van der Waals surface area contributed by atoms with Gasteiger partial charge in [-0.3, -0.25) is 10.9 Å². The molecule has 4 heterocycles. The molecule has 8 heteroatoms. The van der Waals surface area contributed by atoms with E-state index < -0.39 is 0 Å². The number of anilines is 2. The lowest BCUT2D eigenvalue weighted by Crippen LogP contribution is -2.51. The monoisotopic (exact) mass is 347 g/mol. The maximum absolute atomic E-state index is 14.3. The molecule has 5 rings (SSSR count). The van der Waals surface area contributed by atoms with Gasteiger partial charge in [-0.05, 0) is 38.0 Å². The van der Waals surface area contributed by atoms with Crippen molar-refractivity contribution in [1.82, 2.24) is 26.1 Å². The number of nitrogens with one attached hydrogen (secondary N) is 4. The second-order valence-corrected chi connectivity index (χ2v) is 7.96. The summed E-state index contributed by atoms with van der Waals surface area (Å²) in [5.41, 5.74) is 6.57. The Kier molecular flexibility index (Phi) is 3.98. The molecule has 7 nitrogen and oxygen atoms in total. The largest absolute Gasteiger partial charge is 0.365 e. The van der Waals surface area contributed by atoms with Gasteiger partial charge in [0.2, 0.25) is 5.95 Å². The first-order chi connectivity index (χ1) is 12.2. The van der Waals surface area contributed by atoms with E-state index in [9.17, 15) is 4.39 Å². The topological polar surface area (TPSA) is 77.1 Å². The molecular weight excluding hydrogens is 321 g/mol. The molecule has 5 unspecified atom stereocenters. The molecule has 4 aliphatic rings. The number of hydrogen-bond donors (Lipinski definition) is 4. The fourth-order valence-electron chi connectivity index (χ4n) is 4.90. The SMILES string of the molecule is Fc1cnc(N2CC3CCC(C2)N3)nc1NC1CCC2NNCC2C1. The third-order valence-electron chi connectivity index (χ3n) is 6.21. The van der Waals surface area contributed by atoms with E-state index in [0.717, 1.165) is 38.9 Å². The normalized spacial score (nSPS) is 37.2. The van der Waals surface area contributed by atoms with E-state index in [2.05, 4.69) is 36.4 Å². The van der Waals surface area contributed by atoms with Crippen molar-refractivity contribution >= 4 is 11.8 Å². The highest BCUT2D eigenvalue weighted by Crippen LogP contribution is 2.30. The Bertz CT molecular complexity index is 629. The van der Waals surface area contributed by atoms with Crippen LogP contribution in [0.25, 0.3) is 0 Å². The lowest BCUT2D eigenvalue weighted by atomic mass is 9.83. The van der Waals surface area contributed by atoms with Crippen LogP contribution in [0, 0.1) is 11.7 Å². The molecule has 136 valence electrons. The van der Waals surface area contributed by atoms with Gasteiger partial charge in [0.05, 0.1) is 6.20 Å². The molecule has 0 radical (unpaired) electrons. The summed E-state index contributed by atoms with van der Waals surface area (Å²) in [6, 6.07) is 1.86. The molecule has 25 heavy (non-hydrogen) atoms. The highest BCUT2D eigenvalue weighted by molar-refractivity contribution is 5.44. The minimum atomic E-state index is -0.355. The average Bonchev–Trinajstić information content (AvgIpc) is 3.22. The van der Waals surface area contributed by atoms with E-state index in [1.807, 2.05) is 0 Å². The molecule has 2 bridgehead atoms. The van der Waals surface area contributed by atoms with Crippen LogP contribution in [0.5, 0.6) is 0 Å². The van der Waals surface area contributed by atoms with Crippen LogP contribution >= 0.6 is 0 Å². The molecule has 3 saturated heterocycles. The third kappa shape index (κ3) is 3.07. The quantitative estimate of drug-likeness (QED) is 0.638. The van der Waals surface area contributed by atoms with E-state index >= 15 is 0 Å². The van der Waals surface area contributed by atoms with Crippen molar-refractivity contribution in [2.75, 3.05) is 29.9 Å². The predicted molar refractivity (Wildman–Crippen MR) is 93.8 cm³/mol. The first kappa shape index (κ1) is 15.7. The summed E-state index contributed by atoms with van der Waals surface area (Å²) in [5, 5.41) is 6.96. The molecular formula is C17H26FN7. The maximum atomic E-state index is 14.3. The van der Waals surface area contributed by atoms with Gasteiger partial charge in [0.1, 0.15) is 0 Å². The molecule has 3 aliphatic heterocycles. The van der Waals surface area contributed by atoms with Gasteiger partial charge in [-0.2, -0.15) is 4.98 Å². The van der Waals surface area contributed by atoms with E-state index in [1.165, 1.54) is 19.0 Å². The number of hydrazine groups is 1. The third-order valence-corrected chi connectivity index (χ3v) is 6.21. The second-order valence-electron chi connectivity index (χ2n) is 7.96. The average molecular weight is 347 g/mol. The smallest absolute Gasteiger partial charge is 0.227 e. The van der Waals surface area contributed by atoms with Crippen molar-refractivity contribution in [3.63, 3.8) is 0 Å². The number of hydrogen-bond acceptors (Lipinski definition) is 7. The Morgan fingerprint density at radius 2 is 2.00 bits per heavy atom. The van der Waals surface area contributed by atoms with E-state index in [4.69, 9.17) is 0 Å². The number of halogens is 1. The van der Waals surface area contributed by atoms with Crippen LogP contribution in [0.15, 0.2) is 6.20 Å². The van der Waals surface area contributed by atoms with Crippen LogP contribution in [-0.4, -0.2) is 53.8 Å². The lowest BCUT2D eigenvalue weighted by molar-refractivity contribution is 0.313. The van der Waals surface area contributed by atoms with E-state index in [-0.39, 0.29) is 11.9 Å². The fourth-order valence-corrected chi connectivity index (χ4v) is 4.90. The van der Waals surface area contributed by atoms with Gasteiger partial charge in [-0.15, -0.1) is 0 Å². The van der Waals surface area contributed by atoms with Crippen molar-refractivity contribution in [3.8, 4) is 0 Å². The van der Waals surface area contributed by atoms with Crippen LogP contribution in [0.2, 0.25) is 0 Å². The molecule has 1 aromatic rings. The number of rotatable bonds is 3. The Balaban J connectivity index is 1.30. The predicted octanol–water partition coefficient (Wildman–Crippen LogP) is 0.613. The van der Waals surface area contributed by atoms with E-state index in [1.54, 1.807) is 0 Å². The molecule has 4 fully saturated rings. The van der Waals surface area contributed by atoms with Crippen molar-refractivity contribution in [3.05, 3.63) is 12.0 Å². The first-order valence-corrected chi connectivity index (χ1v) is 9.53. The molecule has 1 aromatic heterocycles. The number of nitrogens with zero attached hydrogens (tertiary/aromatic N) is 3. The standard InChI is InChI=1S/C17H26FN7/c18-14-7-19-17(25-8-12-1-2-13(9-25)21-12)23-16(14)22-11-3-4-15-10(5-11)6-20-24-15/h7,10-13,15,20-21,24H,1-6,8-9H2,(H,19,22,23). The summed E-state index contributed by atoms with van der Waals surface area (Å²) >= 11 is 0. The molecule has 0 aromatic carbocycles. The van der Waals surface area contributed by atoms with Gasteiger partial charge in [0, 0.05) is 43.8 Å². The summed E-state index contributed by atoms with van der Waals surface area (Å²) in [7, 11) is 0. The van der Waals surface area contributed by atoms with Crippen LogP contribution in [0.4, 0.5) is 16.2 Å². The zero-order valence-corrected chi connectivity index (χ0v) is 14.3. The van der Waals surface area contributed by atoms with Crippen molar-refractivity contribution < 1.29 is 4.39 Å². The summed E-state index contributed by atoms with van der Waals surface area (Å²) in [4.78, 5) is 11.0. The van der Waals surface area contributed by atoms with Crippen LogP contribution in [0.3, 0.4) is 0 Å². The Hall–Kier alpha value is -1.51. The van der Waals surface area contributed by atoms with Gasteiger partial charge < -0.3 is 15.5 Å². The van der Waals surface area contributed by atoms with Crippen LogP contribution in [-0.2, 0) is 0 Å². The Morgan fingerprint density at radius 1 is 1.16 bits per heavy atom. The maximum Gasteiger partial charge on any atom is 0.227 e. The molecule has 0 spiro atoms. The summed E-state index contributed by atoms with van der Waals surface area (Å²) in [6.45, 7) is 2.81. The summed E-state index contributed by atoms with van der Waals surface area (Å²) in [5.74, 6) is 1.27. The molecule has 1 aliphatic carbocycles. The van der Waals surface area contributed by atoms with E-state index in [0.29, 0.717) is 35.8 Å². The van der Waals surface area contributed by atoms with Gasteiger partial charge in [0.25, 0.3) is 0 Å². The van der Waals surface area contributed by atoms with Gasteiger partial charge in [-0.25, -0.2) is 9.37 Å². The first-order valence-electron chi connectivity index (χ1n) is 9.53. The number of piperazine rings is 1. The van der Waals surface area contributed by atoms with Gasteiger partial charge in [0.15, 0.2) is 11.6 Å². The van der Waals surface area contributed by atoms with Crippen molar-refractivity contribution in [1.29, 1.82) is 0 Å². The zero-order chi connectivity index (χ0) is 16.8. The fraction of sp³-hybridized carbons (Fsp3) is 0.765. The molecule has 4 N–H and O–H groups in total. The highest BCUT2D eigenvalue weighted by atomic mass is 19.1. The highest BCUT2D eigenvalue weighted by Gasteiger charge is 2.35. The van der Waals surface area contributed by atoms with Crippen LogP contribution < -0.4 is 26.4 Å². The molecule has 1 saturated carbocycles. The van der Waals surface area contributed by atoms with Crippen molar-refractivity contribution in [2.24, 2.45) is 5.92 Å².